The second kappa shape index (κ2) is 8.89. The number of nitrogens with one attached hydrogen (secondary N) is 1. The molecule has 0 radical (unpaired) electrons. The Bertz CT molecular complexity index is 1050. The summed E-state index contributed by atoms with van der Waals surface area (Å²) in [6, 6.07) is 12.0. The monoisotopic (exact) mass is 412 g/mol. The van der Waals surface area contributed by atoms with E-state index in [9.17, 15) is 19.7 Å². The first-order chi connectivity index (χ1) is 14.0. The normalized spacial score (nSPS) is 11.3. The highest BCUT2D eigenvalue weighted by atomic mass is 35.5. The zero-order valence-electron chi connectivity index (χ0n) is 14.7. The number of carbonyl (C=O) groups excluding carboxylic acids is 2. The zero-order valence-corrected chi connectivity index (χ0v) is 15.4. The molecule has 29 heavy (non-hydrogen) atoms. The molecule has 0 unspecified atom stereocenters. The molecule has 0 aliphatic carbocycles. The van der Waals surface area contributed by atoms with Crippen LogP contribution in [0, 0.1) is 10.1 Å². The Labute approximate surface area is 169 Å². The molecule has 0 spiro atoms. The number of esters is 1. The van der Waals surface area contributed by atoms with E-state index in [4.69, 9.17) is 16.3 Å². The molecule has 0 saturated heterocycles. The number of ether oxygens (including phenoxy) is 1. The minimum atomic E-state index is -1.31. The summed E-state index contributed by atoms with van der Waals surface area (Å²) in [5, 5.41) is 13.3. The summed E-state index contributed by atoms with van der Waals surface area (Å²) in [7, 11) is 0. The number of nitro groups is 1. The van der Waals surface area contributed by atoms with Crippen LogP contribution in [0.15, 0.2) is 67.1 Å². The van der Waals surface area contributed by atoms with Crippen LogP contribution in [0.2, 0.25) is 5.02 Å². The van der Waals surface area contributed by atoms with Crippen molar-refractivity contribution in [1.29, 1.82) is 0 Å². The number of nitro benzene ring substituents is 1. The Balaban J connectivity index is 1.85. The second-order valence-corrected chi connectivity index (χ2v) is 6.10. The lowest BCUT2D eigenvalue weighted by Crippen LogP contribution is -2.26. The van der Waals surface area contributed by atoms with Gasteiger partial charge in [-0.1, -0.05) is 41.9 Å². The van der Waals surface area contributed by atoms with E-state index in [-0.39, 0.29) is 22.1 Å². The Morgan fingerprint density at radius 2 is 1.90 bits per heavy atom. The van der Waals surface area contributed by atoms with E-state index in [1.54, 1.807) is 30.3 Å². The van der Waals surface area contributed by atoms with Gasteiger partial charge in [0.1, 0.15) is 0 Å². The van der Waals surface area contributed by atoms with Crippen molar-refractivity contribution in [2.45, 2.75) is 6.10 Å². The van der Waals surface area contributed by atoms with Gasteiger partial charge >= 0.3 is 5.97 Å². The van der Waals surface area contributed by atoms with E-state index in [1.807, 2.05) is 0 Å². The number of benzene rings is 2. The summed E-state index contributed by atoms with van der Waals surface area (Å²) in [6.07, 6.45) is 2.63. The summed E-state index contributed by atoms with van der Waals surface area (Å²) < 4.78 is 5.35. The molecular formula is C19H13ClN4O5. The first kappa shape index (κ1) is 19.9. The van der Waals surface area contributed by atoms with Crippen LogP contribution >= 0.6 is 11.6 Å². The van der Waals surface area contributed by atoms with Crippen LogP contribution in [0.1, 0.15) is 22.2 Å². The highest BCUT2D eigenvalue weighted by Gasteiger charge is 2.27. The average Bonchev–Trinajstić information content (AvgIpc) is 2.74. The quantitative estimate of drug-likeness (QED) is 0.372. The maximum Gasteiger partial charge on any atom is 0.359 e. The SMILES string of the molecule is O=C(O[C@@H](C(=O)Nc1ccc([N+](=O)[O-])cc1Cl)c1ccccc1)c1cnccn1. The predicted octanol–water partition coefficient (Wildman–Crippen LogP) is 3.58. The minimum absolute atomic E-state index is 0.0281. The van der Waals surface area contributed by atoms with Gasteiger partial charge in [-0.05, 0) is 6.07 Å². The van der Waals surface area contributed by atoms with Crippen molar-refractivity contribution in [2.75, 3.05) is 5.32 Å². The van der Waals surface area contributed by atoms with Crippen LogP contribution < -0.4 is 5.32 Å². The van der Waals surface area contributed by atoms with Crippen molar-refractivity contribution in [3.05, 3.63) is 93.5 Å². The fraction of sp³-hybridized carbons (Fsp3) is 0.0526. The van der Waals surface area contributed by atoms with E-state index in [0.717, 1.165) is 6.07 Å². The molecule has 1 atom stereocenters. The van der Waals surface area contributed by atoms with E-state index < -0.39 is 22.9 Å². The van der Waals surface area contributed by atoms with Crippen molar-refractivity contribution in [3.63, 3.8) is 0 Å². The van der Waals surface area contributed by atoms with Gasteiger partial charge in [0, 0.05) is 30.1 Å². The van der Waals surface area contributed by atoms with E-state index in [0.29, 0.717) is 5.56 Å². The molecule has 1 heterocycles. The van der Waals surface area contributed by atoms with Crippen LogP contribution in [0.4, 0.5) is 11.4 Å². The Morgan fingerprint density at radius 3 is 2.52 bits per heavy atom. The molecule has 146 valence electrons. The maximum absolute atomic E-state index is 12.8. The molecule has 0 fully saturated rings. The molecule has 0 bridgehead atoms. The minimum Gasteiger partial charge on any atom is -0.443 e. The van der Waals surface area contributed by atoms with Crippen LogP contribution in [0.5, 0.6) is 0 Å². The molecule has 2 aromatic carbocycles. The average molecular weight is 413 g/mol. The third-order valence-corrected chi connectivity index (χ3v) is 4.07. The van der Waals surface area contributed by atoms with Crippen molar-refractivity contribution < 1.29 is 19.2 Å². The molecule has 3 rings (SSSR count). The predicted molar refractivity (Wildman–Crippen MR) is 103 cm³/mol. The molecule has 0 aliphatic heterocycles. The molecule has 0 aliphatic rings. The fourth-order valence-electron chi connectivity index (χ4n) is 2.39. The van der Waals surface area contributed by atoms with Crippen LogP contribution in [0.25, 0.3) is 0 Å². The highest BCUT2D eigenvalue weighted by molar-refractivity contribution is 6.34. The van der Waals surface area contributed by atoms with Crippen LogP contribution in [-0.4, -0.2) is 26.8 Å². The summed E-state index contributed by atoms with van der Waals surface area (Å²) in [5.41, 5.74) is 0.273. The van der Waals surface area contributed by atoms with Gasteiger partial charge in [-0.2, -0.15) is 0 Å². The van der Waals surface area contributed by atoms with Crippen molar-refractivity contribution >= 4 is 34.9 Å². The van der Waals surface area contributed by atoms with Crippen molar-refractivity contribution in [1.82, 2.24) is 9.97 Å². The summed E-state index contributed by atoms with van der Waals surface area (Å²) >= 11 is 6.02. The van der Waals surface area contributed by atoms with Gasteiger partial charge in [-0.3, -0.25) is 19.9 Å². The molecule has 9 nitrogen and oxygen atoms in total. The number of amides is 1. The lowest BCUT2D eigenvalue weighted by atomic mass is 10.1. The van der Waals surface area contributed by atoms with Gasteiger partial charge in [-0.15, -0.1) is 0 Å². The molecule has 1 N–H and O–H groups in total. The summed E-state index contributed by atoms with van der Waals surface area (Å²) in [5.74, 6) is -1.53. The van der Waals surface area contributed by atoms with Gasteiger partial charge in [0.25, 0.3) is 11.6 Å². The third kappa shape index (κ3) is 4.90. The number of hydrogen-bond donors (Lipinski definition) is 1. The number of non-ortho nitro benzene ring substituents is 1. The number of carbonyl (C=O) groups is 2. The van der Waals surface area contributed by atoms with Crippen molar-refractivity contribution in [2.24, 2.45) is 0 Å². The molecular weight excluding hydrogens is 400 g/mol. The number of rotatable bonds is 6. The van der Waals surface area contributed by atoms with Gasteiger partial charge in [0.15, 0.2) is 5.69 Å². The van der Waals surface area contributed by atoms with Gasteiger partial charge in [-0.25, -0.2) is 9.78 Å². The Morgan fingerprint density at radius 1 is 1.14 bits per heavy atom. The van der Waals surface area contributed by atoms with E-state index >= 15 is 0 Å². The Kier molecular flexibility index (Phi) is 6.10. The highest BCUT2D eigenvalue weighted by Crippen LogP contribution is 2.28. The maximum atomic E-state index is 12.8. The smallest absolute Gasteiger partial charge is 0.359 e. The molecule has 0 saturated carbocycles. The summed E-state index contributed by atoms with van der Waals surface area (Å²) in [6.45, 7) is 0. The standard InChI is InChI=1S/C19H13ClN4O5/c20-14-10-13(24(27)28)6-7-15(14)23-18(25)17(12-4-2-1-3-5-12)29-19(26)16-11-21-8-9-22-16/h1-11,17H,(H,23,25)/t17-/m1/s1. The summed E-state index contributed by atoms with van der Waals surface area (Å²) in [4.78, 5) is 43.1. The fourth-order valence-corrected chi connectivity index (χ4v) is 2.61. The second-order valence-electron chi connectivity index (χ2n) is 5.70. The Hall–Kier alpha value is -3.85. The van der Waals surface area contributed by atoms with Crippen LogP contribution in [0.3, 0.4) is 0 Å². The number of nitrogens with zero attached hydrogens (tertiary/aromatic N) is 3. The molecule has 1 aromatic heterocycles. The molecule has 10 heteroatoms. The lowest BCUT2D eigenvalue weighted by molar-refractivity contribution is -0.384. The number of hydrogen-bond acceptors (Lipinski definition) is 7. The molecule has 1 amide bonds. The van der Waals surface area contributed by atoms with E-state index in [1.165, 1.54) is 30.7 Å². The van der Waals surface area contributed by atoms with Crippen LogP contribution in [-0.2, 0) is 9.53 Å². The largest absolute Gasteiger partial charge is 0.443 e. The van der Waals surface area contributed by atoms with Crippen molar-refractivity contribution in [3.8, 4) is 0 Å². The number of aromatic nitrogens is 2. The van der Waals surface area contributed by atoms with Gasteiger partial charge in [0.2, 0.25) is 6.10 Å². The molecule has 3 aromatic rings. The van der Waals surface area contributed by atoms with Gasteiger partial charge < -0.3 is 10.1 Å². The third-order valence-electron chi connectivity index (χ3n) is 3.76. The topological polar surface area (TPSA) is 124 Å². The zero-order chi connectivity index (χ0) is 20.8. The first-order valence-electron chi connectivity index (χ1n) is 8.22. The van der Waals surface area contributed by atoms with E-state index in [2.05, 4.69) is 15.3 Å². The van der Waals surface area contributed by atoms with Gasteiger partial charge in [0.05, 0.1) is 21.8 Å². The lowest BCUT2D eigenvalue weighted by Gasteiger charge is -2.18. The first-order valence-corrected chi connectivity index (χ1v) is 8.60. The number of halogens is 1. The number of anilines is 1.